The van der Waals surface area contributed by atoms with Gasteiger partial charge in [0.2, 0.25) is 0 Å². The van der Waals surface area contributed by atoms with Crippen LogP contribution in [0.25, 0.3) is 16.7 Å². The zero-order chi connectivity index (χ0) is 13.2. The van der Waals surface area contributed by atoms with Gasteiger partial charge in [-0.3, -0.25) is 4.98 Å². The van der Waals surface area contributed by atoms with Crippen LogP contribution in [-0.4, -0.2) is 32.8 Å². The van der Waals surface area contributed by atoms with Gasteiger partial charge in [0, 0.05) is 6.20 Å². The second-order valence-corrected chi connectivity index (χ2v) is 3.88. The van der Waals surface area contributed by atoms with Crippen molar-refractivity contribution in [3.05, 3.63) is 48.5 Å². The van der Waals surface area contributed by atoms with E-state index in [1.54, 1.807) is 35.4 Å². The highest BCUT2D eigenvalue weighted by molar-refractivity contribution is 5.90. The van der Waals surface area contributed by atoms with Crippen molar-refractivity contribution in [3.63, 3.8) is 0 Å². The lowest BCUT2D eigenvalue weighted by molar-refractivity contribution is 0.0594. The van der Waals surface area contributed by atoms with E-state index in [0.717, 1.165) is 5.69 Å². The van der Waals surface area contributed by atoms with Crippen LogP contribution in [0.1, 0.15) is 10.5 Å². The SMILES string of the molecule is COC(=O)c1ccc2nn(-c3cccnc3)cc2n1. The van der Waals surface area contributed by atoms with E-state index in [1.807, 2.05) is 12.1 Å². The molecule has 0 aliphatic heterocycles. The van der Waals surface area contributed by atoms with Crippen LogP contribution in [-0.2, 0) is 4.74 Å². The van der Waals surface area contributed by atoms with E-state index < -0.39 is 5.97 Å². The van der Waals surface area contributed by atoms with Crippen molar-refractivity contribution in [3.8, 4) is 5.69 Å². The maximum Gasteiger partial charge on any atom is 0.356 e. The van der Waals surface area contributed by atoms with Gasteiger partial charge < -0.3 is 4.74 Å². The Morgan fingerprint density at radius 2 is 2.16 bits per heavy atom. The average molecular weight is 254 g/mol. The van der Waals surface area contributed by atoms with Crippen LogP contribution in [0.4, 0.5) is 0 Å². The molecule has 0 bridgehead atoms. The Morgan fingerprint density at radius 3 is 2.89 bits per heavy atom. The number of carbonyl (C=O) groups excluding carboxylic acids is 1. The minimum absolute atomic E-state index is 0.265. The van der Waals surface area contributed by atoms with Gasteiger partial charge in [-0.15, -0.1) is 0 Å². The van der Waals surface area contributed by atoms with Gasteiger partial charge in [-0.1, -0.05) is 0 Å². The molecule has 3 rings (SSSR count). The summed E-state index contributed by atoms with van der Waals surface area (Å²) in [4.78, 5) is 19.7. The Bertz CT molecular complexity index is 737. The van der Waals surface area contributed by atoms with Gasteiger partial charge in [0.25, 0.3) is 0 Å². The normalized spacial score (nSPS) is 10.6. The summed E-state index contributed by atoms with van der Waals surface area (Å²) in [6.07, 6.45) is 5.15. The molecule has 3 aromatic heterocycles. The van der Waals surface area contributed by atoms with Crippen molar-refractivity contribution < 1.29 is 9.53 Å². The van der Waals surface area contributed by atoms with Crippen LogP contribution in [0, 0.1) is 0 Å². The van der Waals surface area contributed by atoms with Crippen molar-refractivity contribution in [2.45, 2.75) is 0 Å². The van der Waals surface area contributed by atoms with Crippen molar-refractivity contribution in [2.24, 2.45) is 0 Å². The van der Waals surface area contributed by atoms with Gasteiger partial charge in [0.05, 0.1) is 25.2 Å². The first-order valence-corrected chi connectivity index (χ1v) is 5.63. The number of rotatable bonds is 2. The molecule has 0 N–H and O–H groups in total. The van der Waals surface area contributed by atoms with Crippen molar-refractivity contribution >= 4 is 17.0 Å². The van der Waals surface area contributed by atoms with Gasteiger partial charge in [-0.05, 0) is 24.3 Å². The van der Waals surface area contributed by atoms with E-state index in [2.05, 4.69) is 19.8 Å². The van der Waals surface area contributed by atoms with E-state index in [0.29, 0.717) is 11.0 Å². The van der Waals surface area contributed by atoms with Crippen LogP contribution in [0.3, 0.4) is 0 Å². The molecule has 0 saturated carbocycles. The summed E-state index contributed by atoms with van der Waals surface area (Å²) in [5, 5.41) is 4.37. The minimum atomic E-state index is -0.462. The maximum atomic E-state index is 11.4. The van der Waals surface area contributed by atoms with Crippen LogP contribution in [0.5, 0.6) is 0 Å². The molecule has 3 heterocycles. The van der Waals surface area contributed by atoms with Gasteiger partial charge in [-0.25, -0.2) is 14.5 Å². The highest BCUT2D eigenvalue weighted by Gasteiger charge is 2.10. The van der Waals surface area contributed by atoms with Crippen molar-refractivity contribution in [1.82, 2.24) is 19.7 Å². The van der Waals surface area contributed by atoms with Gasteiger partial charge in [-0.2, -0.15) is 5.10 Å². The molecule has 0 aliphatic carbocycles. The lowest BCUT2D eigenvalue weighted by atomic mass is 10.3. The largest absolute Gasteiger partial charge is 0.464 e. The number of nitrogens with zero attached hydrogens (tertiary/aromatic N) is 4. The highest BCUT2D eigenvalue weighted by Crippen LogP contribution is 2.14. The monoisotopic (exact) mass is 254 g/mol. The fourth-order valence-corrected chi connectivity index (χ4v) is 1.75. The fourth-order valence-electron chi connectivity index (χ4n) is 1.75. The van der Waals surface area contributed by atoms with Gasteiger partial charge >= 0.3 is 5.97 Å². The molecule has 0 aromatic carbocycles. The number of pyridine rings is 2. The Balaban J connectivity index is 2.09. The van der Waals surface area contributed by atoms with E-state index in [1.165, 1.54) is 7.11 Å². The Labute approximate surface area is 108 Å². The molecule has 0 atom stereocenters. The molecule has 0 aliphatic rings. The first-order chi connectivity index (χ1) is 9.28. The number of carbonyl (C=O) groups is 1. The summed E-state index contributed by atoms with van der Waals surface area (Å²) in [6, 6.07) is 7.05. The average Bonchev–Trinajstić information content (AvgIpc) is 2.90. The first-order valence-electron chi connectivity index (χ1n) is 5.63. The minimum Gasteiger partial charge on any atom is -0.464 e. The Kier molecular flexibility index (Phi) is 2.68. The molecule has 0 radical (unpaired) electrons. The van der Waals surface area contributed by atoms with Crippen LogP contribution in [0.2, 0.25) is 0 Å². The molecule has 3 aromatic rings. The molecule has 19 heavy (non-hydrogen) atoms. The summed E-state index contributed by atoms with van der Waals surface area (Å²) in [7, 11) is 1.33. The molecule has 6 nitrogen and oxygen atoms in total. The second-order valence-electron chi connectivity index (χ2n) is 3.88. The third kappa shape index (κ3) is 2.03. The summed E-state index contributed by atoms with van der Waals surface area (Å²) >= 11 is 0. The molecular weight excluding hydrogens is 244 g/mol. The number of hydrogen-bond acceptors (Lipinski definition) is 5. The summed E-state index contributed by atoms with van der Waals surface area (Å²) < 4.78 is 6.31. The zero-order valence-corrected chi connectivity index (χ0v) is 10.1. The third-order valence-electron chi connectivity index (χ3n) is 2.67. The standard InChI is InChI=1S/C13H10N4O2/c1-19-13(18)11-5-4-10-12(15-11)8-17(16-10)9-3-2-6-14-7-9/h2-8H,1H3. The number of hydrogen-bond donors (Lipinski definition) is 0. The molecule has 0 spiro atoms. The molecular formula is C13H10N4O2. The van der Waals surface area contributed by atoms with E-state index in [4.69, 9.17) is 0 Å². The van der Waals surface area contributed by atoms with Crippen LogP contribution >= 0.6 is 0 Å². The topological polar surface area (TPSA) is 69.9 Å². The van der Waals surface area contributed by atoms with Gasteiger partial charge in [0.1, 0.15) is 16.7 Å². The Hall–Kier alpha value is -2.76. The molecule has 6 heteroatoms. The smallest absolute Gasteiger partial charge is 0.356 e. The number of fused-ring (bicyclic) bond motifs is 1. The van der Waals surface area contributed by atoms with E-state index >= 15 is 0 Å². The zero-order valence-electron chi connectivity index (χ0n) is 10.1. The van der Waals surface area contributed by atoms with E-state index in [9.17, 15) is 4.79 Å². The molecule has 94 valence electrons. The second kappa shape index (κ2) is 4.49. The first kappa shape index (κ1) is 11.3. The van der Waals surface area contributed by atoms with Gasteiger partial charge in [0.15, 0.2) is 0 Å². The van der Waals surface area contributed by atoms with E-state index in [-0.39, 0.29) is 5.69 Å². The summed E-state index contributed by atoms with van der Waals surface area (Å²) in [6.45, 7) is 0. The number of esters is 1. The van der Waals surface area contributed by atoms with Crippen LogP contribution in [0.15, 0.2) is 42.9 Å². The lowest BCUT2D eigenvalue weighted by Crippen LogP contribution is -2.03. The van der Waals surface area contributed by atoms with Crippen LogP contribution < -0.4 is 0 Å². The van der Waals surface area contributed by atoms with Crippen molar-refractivity contribution in [2.75, 3.05) is 7.11 Å². The summed E-state index contributed by atoms with van der Waals surface area (Å²) in [5.41, 5.74) is 2.43. The predicted octanol–water partition coefficient (Wildman–Crippen LogP) is 1.60. The maximum absolute atomic E-state index is 11.4. The number of ether oxygens (including phenoxy) is 1. The predicted molar refractivity (Wildman–Crippen MR) is 68.0 cm³/mol. The fraction of sp³-hybridized carbons (Fsp3) is 0.0769. The molecule has 0 fully saturated rings. The molecule has 0 unspecified atom stereocenters. The number of methoxy groups -OCH3 is 1. The molecule has 0 amide bonds. The van der Waals surface area contributed by atoms with Crippen molar-refractivity contribution in [1.29, 1.82) is 0 Å². The third-order valence-corrected chi connectivity index (χ3v) is 2.67. The quantitative estimate of drug-likeness (QED) is 0.650. The number of aromatic nitrogens is 4. The summed E-state index contributed by atoms with van der Waals surface area (Å²) in [5.74, 6) is -0.462. The highest BCUT2D eigenvalue weighted by atomic mass is 16.5. The molecule has 0 saturated heterocycles. The Morgan fingerprint density at radius 1 is 1.26 bits per heavy atom. The lowest BCUT2D eigenvalue weighted by Gasteiger charge is -1.97.